The van der Waals surface area contributed by atoms with Gasteiger partial charge in [0.15, 0.2) is 6.10 Å². The molecule has 1 aliphatic rings. The van der Waals surface area contributed by atoms with Crippen LogP contribution in [-0.2, 0) is 19.6 Å². The quantitative estimate of drug-likeness (QED) is 0.483. The third-order valence-corrected chi connectivity index (χ3v) is 6.08. The summed E-state index contributed by atoms with van der Waals surface area (Å²) in [7, 11) is -3.58. The van der Waals surface area contributed by atoms with Crippen LogP contribution in [0.1, 0.15) is 56.3 Å². The van der Waals surface area contributed by atoms with Crippen molar-refractivity contribution in [2.45, 2.75) is 57.0 Å². The molecular formula is C20H28N2O5S. The molecule has 0 radical (unpaired) electrons. The molecule has 0 fully saturated rings. The van der Waals surface area contributed by atoms with Gasteiger partial charge in [0.2, 0.25) is 10.0 Å². The number of benzene rings is 1. The Labute approximate surface area is 166 Å². The third kappa shape index (κ3) is 6.45. The summed E-state index contributed by atoms with van der Waals surface area (Å²) < 4.78 is 31.4. The lowest BCUT2D eigenvalue weighted by molar-refractivity contribution is -0.129. The molecular weight excluding hydrogens is 380 g/mol. The summed E-state index contributed by atoms with van der Waals surface area (Å²) in [6, 6.07) is 5.40. The van der Waals surface area contributed by atoms with Gasteiger partial charge < -0.3 is 10.1 Å². The van der Waals surface area contributed by atoms with Crippen LogP contribution in [0.5, 0.6) is 0 Å². The summed E-state index contributed by atoms with van der Waals surface area (Å²) in [5, 5.41) is 2.79. The summed E-state index contributed by atoms with van der Waals surface area (Å²) >= 11 is 0. The minimum atomic E-state index is -3.58. The molecule has 0 aliphatic heterocycles. The molecule has 2 rings (SSSR count). The lowest BCUT2D eigenvalue weighted by atomic mass is 9.97. The van der Waals surface area contributed by atoms with E-state index in [2.05, 4.69) is 16.1 Å². The minimum absolute atomic E-state index is 0.0636. The minimum Gasteiger partial charge on any atom is -0.449 e. The SMILES string of the molecule is CCNS(=O)(=O)c1ccc(C(=O)O[C@H](C)C(=O)NCCC2=CCCCC2)cc1. The lowest BCUT2D eigenvalue weighted by Crippen LogP contribution is -2.36. The molecule has 0 spiro atoms. The van der Waals surface area contributed by atoms with Crippen LogP contribution in [0.25, 0.3) is 0 Å². The predicted octanol–water partition coefficient (Wildman–Crippen LogP) is 2.54. The van der Waals surface area contributed by atoms with Crippen LogP contribution in [0.3, 0.4) is 0 Å². The van der Waals surface area contributed by atoms with Gasteiger partial charge in [-0.3, -0.25) is 4.79 Å². The summed E-state index contributed by atoms with van der Waals surface area (Å²) in [6.07, 6.45) is 6.73. The zero-order valence-electron chi connectivity index (χ0n) is 16.4. The highest BCUT2D eigenvalue weighted by Gasteiger charge is 2.20. The normalized spacial score (nSPS) is 15.4. The molecule has 0 saturated carbocycles. The standard InChI is InChI=1S/C20H28N2O5S/c1-3-22-28(25,26)18-11-9-17(10-12-18)20(24)27-15(2)19(23)21-14-13-16-7-5-4-6-8-16/h7,9-12,15,22H,3-6,8,13-14H2,1-2H3,(H,21,23)/t15-/m1/s1. The third-order valence-electron chi connectivity index (χ3n) is 4.52. The molecule has 1 atom stereocenters. The second-order valence-electron chi connectivity index (χ2n) is 6.72. The molecule has 0 bridgehead atoms. The topological polar surface area (TPSA) is 102 Å². The van der Waals surface area contributed by atoms with Gasteiger partial charge in [-0.15, -0.1) is 0 Å². The van der Waals surface area contributed by atoms with Crippen molar-refractivity contribution >= 4 is 21.9 Å². The van der Waals surface area contributed by atoms with Crippen LogP contribution < -0.4 is 10.0 Å². The van der Waals surface area contributed by atoms with Crippen molar-refractivity contribution in [3.63, 3.8) is 0 Å². The largest absolute Gasteiger partial charge is 0.449 e. The Morgan fingerprint density at radius 3 is 2.50 bits per heavy atom. The number of hydrogen-bond donors (Lipinski definition) is 2. The Hall–Kier alpha value is -2.19. The summed E-state index contributed by atoms with van der Waals surface area (Å²) in [5.74, 6) is -1.03. The maximum atomic E-state index is 12.2. The first kappa shape index (κ1) is 22.1. The molecule has 0 unspecified atom stereocenters. The molecule has 154 valence electrons. The number of rotatable bonds is 9. The van der Waals surface area contributed by atoms with E-state index < -0.39 is 22.1 Å². The van der Waals surface area contributed by atoms with Crippen LogP contribution in [0.2, 0.25) is 0 Å². The van der Waals surface area contributed by atoms with E-state index in [1.165, 1.54) is 49.6 Å². The number of esters is 1. The van der Waals surface area contributed by atoms with E-state index in [4.69, 9.17) is 4.74 Å². The Morgan fingerprint density at radius 2 is 1.89 bits per heavy atom. The van der Waals surface area contributed by atoms with Crippen molar-refractivity contribution in [1.29, 1.82) is 0 Å². The zero-order chi connectivity index (χ0) is 20.6. The second kappa shape index (κ2) is 10.4. The first-order chi connectivity index (χ1) is 13.3. The summed E-state index contributed by atoms with van der Waals surface area (Å²) in [6.45, 7) is 3.98. The van der Waals surface area contributed by atoms with Gasteiger partial charge >= 0.3 is 5.97 Å². The number of hydrogen-bond acceptors (Lipinski definition) is 5. The number of carbonyl (C=O) groups is 2. The van der Waals surface area contributed by atoms with Crippen LogP contribution in [0.15, 0.2) is 40.8 Å². The molecule has 8 heteroatoms. The van der Waals surface area contributed by atoms with Crippen molar-refractivity contribution in [2.75, 3.05) is 13.1 Å². The Balaban J connectivity index is 1.83. The van der Waals surface area contributed by atoms with Crippen LogP contribution in [-0.4, -0.2) is 39.5 Å². The van der Waals surface area contributed by atoms with Crippen LogP contribution in [0.4, 0.5) is 0 Å². The molecule has 1 amide bonds. The van der Waals surface area contributed by atoms with Crippen LogP contribution in [0, 0.1) is 0 Å². The average molecular weight is 409 g/mol. The molecule has 0 saturated heterocycles. The van der Waals surface area contributed by atoms with Crippen molar-refractivity contribution < 1.29 is 22.7 Å². The molecule has 1 aromatic carbocycles. The average Bonchev–Trinajstić information content (AvgIpc) is 2.68. The Kier molecular flexibility index (Phi) is 8.19. The van der Waals surface area contributed by atoms with Gasteiger partial charge in [0.05, 0.1) is 10.5 Å². The number of sulfonamides is 1. The molecule has 28 heavy (non-hydrogen) atoms. The lowest BCUT2D eigenvalue weighted by Gasteiger charge is -2.15. The monoisotopic (exact) mass is 408 g/mol. The first-order valence-corrected chi connectivity index (χ1v) is 11.1. The van der Waals surface area contributed by atoms with E-state index in [-0.39, 0.29) is 22.9 Å². The van der Waals surface area contributed by atoms with E-state index >= 15 is 0 Å². The fraction of sp³-hybridized carbons (Fsp3) is 0.500. The van der Waals surface area contributed by atoms with Gasteiger partial charge in [-0.25, -0.2) is 17.9 Å². The molecule has 2 N–H and O–H groups in total. The highest BCUT2D eigenvalue weighted by Crippen LogP contribution is 2.19. The van der Waals surface area contributed by atoms with E-state index in [0.29, 0.717) is 6.54 Å². The predicted molar refractivity (Wildman–Crippen MR) is 106 cm³/mol. The molecule has 7 nitrogen and oxygen atoms in total. The van der Waals surface area contributed by atoms with Crippen molar-refractivity contribution in [1.82, 2.24) is 10.0 Å². The summed E-state index contributed by atoms with van der Waals surface area (Å²) in [5.41, 5.74) is 1.55. The maximum absolute atomic E-state index is 12.2. The number of nitrogens with one attached hydrogen (secondary N) is 2. The molecule has 0 heterocycles. The molecule has 0 aromatic heterocycles. The Bertz CT molecular complexity index is 816. The molecule has 1 aliphatic carbocycles. The van der Waals surface area contributed by atoms with E-state index in [1.807, 2.05) is 0 Å². The Morgan fingerprint density at radius 1 is 1.18 bits per heavy atom. The number of amides is 1. The van der Waals surface area contributed by atoms with Gasteiger partial charge in [0.25, 0.3) is 5.91 Å². The zero-order valence-corrected chi connectivity index (χ0v) is 17.2. The smallest absolute Gasteiger partial charge is 0.338 e. The van der Waals surface area contributed by atoms with E-state index in [9.17, 15) is 18.0 Å². The highest BCUT2D eigenvalue weighted by atomic mass is 32.2. The van der Waals surface area contributed by atoms with Crippen LogP contribution >= 0.6 is 0 Å². The number of carbonyl (C=O) groups excluding carboxylic acids is 2. The summed E-state index contributed by atoms with van der Waals surface area (Å²) in [4.78, 5) is 24.4. The van der Waals surface area contributed by atoms with E-state index in [0.717, 1.165) is 19.3 Å². The van der Waals surface area contributed by atoms with Crippen molar-refractivity contribution in [3.05, 3.63) is 41.5 Å². The van der Waals surface area contributed by atoms with Gasteiger partial charge in [0, 0.05) is 13.1 Å². The first-order valence-electron chi connectivity index (χ1n) is 9.60. The van der Waals surface area contributed by atoms with Gasteiger partial charge in [0.1, 0.15) is 0 Å². The fourth-order valence-corrected chi connectivity index (χ4v) is 3.99. The van der Waals surface area contributed by atoms with Crippen molar-refractivity contribution in [2.24, 2.45) is 0 Å². The van der Waals surface area contributed by atoms with E-state index in [1.54, 1.807) is 6.92 Å². The number of allylic oxidation sites excluding steroid dienone is 1. The fourth-order valence-electron chi connectivity index (χ4n) is 2.95. The van der Waals surface area contributed by atoms with Gasteiger partial charge in [-0.05, 0) is 63.3 Å². The van der Waals surface area contributed by atoms with Gasteiger partial charge in [-0.1, -0.05) is 18.6 Å². The number of ether oxygens (including phenoxy) is 1. The van der Waals surface area contributed by atoms with Gasteiger partial charge in [-0.2, -0.15) is 0 Å². The second-order valence-corrected chi connectivity index (χ2v) is 8.49. The molecule has 1 aromatic rings. The maximum Gasteiger partial charge on any atom is 0.338 e. The highest BCUT2D eigenvalue weighted by molar-refractivity contribution is 7.89. The van der Waals surface area contributed by atoms with Crippen molar-refractivity contribution in [3.8, 4) is 0 Å².